The fraction of sp³-hybridized carbons (Fsp3) is 0.333. The summed E-state index contributed by atoms with van der Waals surface area (Å²) < 4.78 is 41.6. The Balaban J connectivity index is 1.65. The van der Waals surface area contributed by atoms with Crippen LogP contribution in [0.1, 0.15) is 29.5 Å². The van der Waals surface area contributed by atoms with Gasteiger partial charge in [0.25, 0.3) is 0 Å². The van der Waals surface area contributed by atoms with Gasteiger partial charge in [-0.1, -0.05) is 18.2 Å². The highest BCUT2D eigenvalue weighted by Crippen LogP contribution is 2.41. The first-order valence-electron chi connectivity index (χ1n) is 10.6. The van der Waals surface area contributed by atoms with E-state index in [-0.39, 0.29) is 17.0 Å². The predicted molar refractivity (Wildman–Crippen MR) is 113 cm³/mol. The molecule has 1 amide bonds. The molecule has 2 aliphatic heterocycles. The zero-order valence-electron chi connectivity index (χ0n) is 17.6. The monoisotopic (exact) mass is 461 g/mol. The van der Waals surface area contributed by atoms with Crippen LogP contribution < -0.4 is 4.89 Å². The van der Waals surface area contributed by atoms with Crippen molar-refractivity contribution in [2.45, 2.75) is 25.4 Å². The van der Waals surface area contributed by atoms with Gasteiger partial charge < -0.3 is 14.9 Å². The minimum atomic E-state index is -4.59. The van der Waals surface area contributed by atoms with Gasteiger partial charge in [-0.3, -0.25) is 9.59 Å². The van der Waals surface area contributed by atoms with E-state index in [1.807, 2.05) is 0 Å². The Kier molecular flexibility index (Phi) is 6.42. The predicted octanol–water partition coefficient (Wildman–Crippen LogP) is 4.58. The number of halogens is 3. The fourth-order valence-corrected chi connectivity index (χ4v) is 4.15. The highest BCUT2D eigenvalue weighted by molar-refractivity contribution is 5.93. The van der Waals surface area contributed by atoms with E-state index >= 15 is 0 Å². The average Bonchev–Trinajstić information content (AvgIpc) is 2.81. The molecule has 0 radical (unpaired) electrons. The summed E-state index contributed by atoms with van der Waals surface area (Å²) in [5.41, 5.74) is 0.538. The van der Waals surface area contributed by atoms with Crippen LogP contribution in [0.4, 0.5) is 13.2 Å². The number of piperidine rings is 1. The number of hydrogen-bond donors (Lipinski definition) is 1. The third-order valence-corrected chi connectivity index (χ3v) is 5.92. The number of carbonyl (C=O) groups excluding carboxylic acids is 1. The number of rotatable bonds is 4. The Morgan fingerprint density at radius 1 is 1.12 bits per heavy atom. The molecule has 174 valence electrons. The SMILES string of the molecule is O=C(O)C1CCN(C(=O)/C=C/c2cccc(C(F)(F)F)c2-c2ccc3c(c2)CCOO3)CC1. The van der Waals surface area contributed by atoms with Gasteiger partial charge in [-0.2, -0.15) is 18.1 Å². The first-order chi connectivity index (χ1) is 15.7. The summed E-state index contributed by atoms with van der Waals surface area (Å²) in [4.78, 5) is 35.2. The Hall–Kier alpha value is -3.33. The lowest BCUT2D eigenvalue weighted by atomic mass is 9.91. The minimum Gasteiger partial charge on any atom is -0.481 e. The maximum Gasteiger partial charge on any atom is 0.417 e. The normalized spacial score (nSPS) is 17.0. The van der Waals surface area contributed by atoms with Crippen LogP contribution in [0.2, 0.25) is 0 Å². The molecule has 2 aromatic carbocycles. The first kappa shape index (κ1) is 22.8. The van der Waals surface area contributed by atoms with E-state index in [0.717, 1.165) is 11.6 Å². The molecule has 4 rings (SSSR count). The molecule has 0 unspecified atom stereocenters. The van der Waals surface area contributed by atoms with Crippen molar-refractivity contribution in [3.8, 4) is 16.9 Å². The van der Waals surface area contributed by atoms with Gasteiger partial charge in [0, 0.05) is 36.7 Å². The third kappa shape index (κ3) is 5.03. The van der Waals surface area contributed by atoms with Gasteiger partial charge in [-0.05, 0) is 48.2 Å². The van der Waals surface area contributed by atoms with Crippen LogP contribution in [-0.2, 0) is 27.1 Å². The second kappa shape index (κ2) is 9.27. The van der Waals surface area contributed by atoms with Crippen molar-refractivity contribution < 1.29 is 37.6 Å². The highest BCUT2D eigenvalue weighted by atomic mass is 19.4. The zero-order valence-corrected chi connectivity index (χ0v) is 17.6. The van der Waals surface area contributed by atoms with Crippen LogP contribution in [0.5, 0.6) is 5.75 Å². The lowest BCUT2D eigenvalue weighted by molar-refractivity contribution is -0.215. The van der Waals surface area contributed by atoms with E-state index in [4.69, 9.17) is 14.9 Å². The number of fused-ring (bicyclic) bond motifs is 1. The highest BCUT2D eigenvalue weighted by Gasteiger charge is 2.34. The molecule has 33 heavy (non-hydrogen) atoms. The number of nitrogens with zero attached hydrogens (tertiary/aromatic N) is 1. The molecule has 0 aromatic heterocycles. The topological polar surface area (TPSA) is 76.1 Å². The number of alkyl halides is 3. The molecule has 0 bridgehead atoms. The Bertz CT molecular complexity index is 1090. The summed E-state index contributed by atoms with van der Waals surface area (Å²) in [6.07, 6.45) is -0.745. The number of amides is 1. The van der Waals surface area contributed by atoms with Gasteiger partial charge in [0.15, 0.2) is 5.75 Å². The molecule has 1 fully saturated rings. The number of likely N-dealkylation sites (tertiary alicyclic amines) is 1. The average molecular weight is 461 g/mol. The molecule has 1 saturated heterocycles. The number of aliphatic carboxylic acids is 1. The molecular formula is C24H22F3NO5. The molecule has 0 aliphatic carbocycles. The zero-order chi connectivity index (χ0) is 23.6. The van der Waals surface area contributed by atoms with Gasteiger partial charge >= 0.3 is 12.1 Å². The van der Waals surface area contributed by atoms with E-state index in [9.17, 15) is 22.8 Å². The van der Waals surface area contributed by atoms with Crippen molar-refractivity contribution in [1.82, 2.24) is 4.90 Å². The molecule has 2 heterocycles. The molecule has 0 spiro atoms. The maximum atomic E-state index is 13.9. The van der Waals surface area contributed by atoms with Gasteiger partial charge in [-0.25, -0.2) is 0 Å². The molecule has 1 N–H and O–H groups in total. The lowest BCUT2D eigenvalue weighted by Crippen LogP contribution is -2.39. The first-order valence-corrected chi connectivity index (χ1v) is 10.6. The van der Waals surface area contributed by atoms with E-state index in [1.165, 1.54) is 35.3 Å². The van der Waals surface area contributed by atoms with E-state index in [2.05, 4.69) is 0 Å². The summed E-state index contributed by atoms with van der Waals surface area (Å²) in [6.45, 7) is 0.891. The van der Waals surface area contributed by atoms with Crippen molar-refractivity contribution in [2.24, 2.45) is 5.92 Å². The third-order valence-electron chi connectivity index (χ3n) is 5.92. The van der Waals surface area contributed by atoms with E-state index < -0.39 is 23.6 Å². The smallest absolute Gasteiger partial charge is 0.417 e. The van der Waals surface area contributed by atoms with Crippen LogP contribution in [0.25, 0.3) is 17.2 Å². The van der Waals surface area contributed by atoms with Gasteiger partial charge in [0.1, 0.15) is 0 Å². The Morgan fingerprint density at radius 2 is 1.88 bits per heavy atom. The number of carboxylic acid groups (broad SMARTS) is 1. The van der Waals surface area contributed by atoms with Crippen molar-refractivity contribution in [2.75, 3.05) is 19.7 Å². The van der Waals surface area contributed by atoms with Crippen molar-refractivity contribution in [3.05, 3.63) is 59.2 Å². The van der Waals surface area contributed by atoms with Gasteiger partial charge in [-0.15, -0.1) is 0 Å². The van der Waals surface area contributed by atoms with Crippen LogP contribution in [-0.4, -0.2) is 41.6 Å². The molecule has 0 saturated carbocycles. The standard InChI is InChI=1S/C24H22F3NO5/c25-24(26,27)19-3-1-2-15(5-7-21(29)28-11-8-16(9-12-28)23(30)31)22(19)18-4-6-20-17(14-18)10-13-32-33-20/h1-7,14,16H,8-13H2,(H,30,31)/b7-5+. The van der Waals surface area contributed by atoms with Crippen molar-refractivity contribution >= 4 is 18.0 Å². The summed E-state index contributed by atoms with van der Waals surface area (Å²) in [6, 6.07) is 8.62. The van der Waals surface area contributed by atoms with Crippen LogP contribution in [0, 0.1) is 5.92 Å². The maximum absolute atomic E-state index is 13.9. The van der Waals surface area contributed by atoms with Crippen molar-refractivity contribution in [3.63, 3.8) is 0 Å². The summed E-state index contributed by atoms with van der Waals surface area (Å²) >= 11 is 0. The lowest BCUT2D eigenvalue weighted by Gasteiger charge is -2.29. The quantitative estimate of drug-likeness (QED) is 0.533. The van der Waals surface area contributed by atoms with Crippen molar-refractivity contribution in [1.29, 1.82) is 0 Å². The fourth-order valence-electron chi connectivity index (χ4n) is 4.15. The largest absolute Gasteiger partial charge is 0.481 e. The van der Waals surface area contributed by atoms with Crippen LogP contribution in [0.3, 0.4) is 0 Å². The Labute approximate surface area is 188 Å². The Morgan fingerprint density at radius 3 is 2.58 bits per heavy atom. The second-order valence-corrected chi connectivity index (χ2v) is 8.02. The summed E-state index contributed by atoms with van der Waals surface area (Å²) in [5.74, 6) is -1.26. The number of carbonyl (C=O) groups is 2. The summed E-state index contributed by atoms with van der Waals surface area (Å²) in [5, 5.41) is 9.10. The molecule has 6 nitrogen and oxygen atoms in total. The van der Waals surface area contributed by atoms with E-state index in [0.29, 0.717) is 50.3 Å². The van der Waals surface area contributed by atoms with Crippen LogP contribution in [0.15, 0.2) is 42.5 Å². The number of benzene rings is 2. The molecule has 9 heteroatoms. The number of hydrogen-bond acceptors (Lipinski definition) is 4. The van der Waals surface area contributed by atoms with Gasteiger partial charge in [0.2, 0.25) is 5.91 Å². The minimum absolute atomic E-state index is 0.0204. The molecule has 2 aliphatic rings. The molecule has 2 aromatic rings. The van der Waals surface area contributed by atoms with Crippen LogP contribution >= 0.6 is 0 Å². The van der Waals surface area contributed by atoms with Gasteiger partial charge in [0.05, 0.1) is 18.1 Å². The summed E-state index contributed by atoms with van der Waals surface area (Å²) in [7, 11) is 0. The molecular weight excluding hydrogens is 439 g/mol. The number of carboxylic acids is 1. The second-order valence-electron chi connectivity index (χ2n) is 8.02. The van der Waals surface area contributed by atoms with E-state index in [1.54, 1.807) is 12.1 Å². The molecule has 0 atom stereocenters.